The Balaban J connectivity index is 3.79. The minimum absolute atomic E-state index is 0.128. The molecule has 74 valence electrons. The minimum Gasteiger partial charge on any atom is -0.394 e. The molecule has 0 spiro atoms. The first kappa shape index (κ1) is 12.0. The maximum Gasteiger partial charge on any atom is 0.474 e. The van der Waals surface area contributed by atoms with Gasteiger partial charge in [0.2, 0.25) is 0 Å². The third-order valence-electron chi connectivity index (χ3n) is 0.905. The second kappa shape index (κ2) is 6.54. The molecule has 0 amide bonds. The smallest absolute Gasteiger partial charge is 0.394 e. The van der Waals surface area contributed by atoms with Gasteiger partial charge in [0.15, 0.2) is 0 Å². The zero-order valence-corrected chi connectivity index (χ0v) is 7.70. The normalized spacial score (nSPS) is 11.9. The molecule has 0 rings (SSSR count). The van der Waals surface area contributed by atoms with Gasteiger partial charge >= 0.3 is 7.82 Å². The van der Waals surface area contributed by atoms with Gasteiger partial charge in [0.25, 0.3) is 0 Å². The molecule has 0 aliphatic heterocycles. The van der Waals surface area contributed by atoms with Gasteiger partial charge in [-0.05, 0) is 0 Å². The van der Waals surface area contributed by atoms with E-state index in [2.05, 4.69) is 13.6 Å². The zero-order chi connectivity index (χ0) is 9.45. The van der Waals surface area contributed by atoms with Gasteiger partial charge in [0.05, 0.1) is 26.4 Å². The van der Waals surface area contributed by atoms with E-state index in [4.69, 9.17) is 10.2 Å². The SMILES string of the molecule is COP(=O)(OCCO)OCCO. The predicted molar refractivity (Wildman–Crippen MR) is 40.7 cm³/mol. The highest BCUT2D eigenvalue weighted by atomic mass is 31.2. The largest absolute Gasteiger partial charge is 0.474 e. The molecule has 0 radical (unpaired) electrons. The molecule has 0 aromatic rings. The van der Waals surface area contributed by atoms with E-state index < -0.39 is 7.82 Å². The van der Waals surface area contributed by atoms with Crippen LogP contribution in [0.5, 0.6) is 0 Å². The van der Waals surface area contributed by atoms with E-state index in [1.165, 1.54) is 0 Å². The number of phosphoric ester groups is 1. The molecule has 0 unspecified atom stereocenters. The highest BCUT2D eigenvalue weighted by Gasteiger charge is 2.23. The Bertz CT molecular complexity index is 137. The van der Waals surface area contributed by atoms with Gasteiger partial charge in [0.1, 0.15) is 0 Å². The van der Waals surface area contributed by atoms with Crippen molar-refractivity contribution in [2.24, 2.45) is 0 Å². The molecule has 2 N–H and O–H groups in total. The van der Waals surface area contributed by atoms with E-state index in [9.17, 15) is 4.57 Å². The Morgan fingerprint density at radius 1 is 1.17 bits per heavy atom. The first-order valence-corrected chi connectivity index (χ1v) is 4.81. The Labute approximate surface area is 70.7 Å². The summed E-state index contributed by atoms with van der Waals surface area (Å²) in [6.45, 7) is -0.793. The minimum atomic E-state index is -3.55. The number of rotatable bonds is 7. The summed E-state index contributed by atoms with van der Waals surface area (Å²) in [4.78, 5) is 0. The molecule has 0 saturated carbocycles. The molecule has 0 saturated heterocycles. The van der Waals surface area contributed by atoms with Crippen LogP contribution in [-0.4, -0.2) is 43.8 Å². The first-order valence-electron chi connectivity index (χ1n) is 3.35. The van der Waals surface area contributed by atoms with Crippen LogP contribution in [0.1, 0.15) is 0 Å². The summed E-state index contributed by atoms with van der Waals surface area (Å²) in [5.74, 6) is 0. The Morgan fingerprint density at radius 2 is 1.58 bits per heavy atom. The van der Waals surface area contributed by atoms with Crippen molar-refractivity contribution in [2.75, 3.05) is 33.5 Å². The molecule has 0 aliphatic carbocycles. The molecular weight excluding hydrogens is 187 g/mol. The number of aliphatic hydroxyl groups is 2. The average Bonchev–Trinajstić information content (AvgIpc) is 2.11. The van der Waals surface area contributed by atoms with Gasteiger partial charge in [-0.2, -0.15) is 0 Å². The van der Waals surface area contributed by atoms with Crippen molar-refractivity contribution in [1.29, 1.82) is 0 Å². The third-order valence-corrected chi connectivity index (χ3v) is 2.35. The lowest BCUT2D eigenvalue weighted by molar-refractivity contribution is 0.0952. The van der Waals surface area contributed by atoms with Gasteiger partial charge in [-0.3, -0.25) is 13.6 Å². The van der Waals surface area contributed by atoms with Crippen LogP contribution in [0.2, 0.25) is 0 Å². The Kier molecular flexibility index (Phi) is 6.55. The maximum atomic E-state index is 11.2. The third kappa shape index (κ3) is 4.82. The number of aliphatic hydroxyl groups excluding tert-OH is 2. The fourth-order valence-corrected chi connectivity index (χ4v) is 1.34. The standard InChI is InChI=1S/C5H13O6P/c1-9-12(8,10-4-2-6)11-5-3-7/h6-7H,2-5H2,1H3. The number of hydrogen-bond acceptors (Lipinski definition) is 6. The molecule has 0 aromatic carbocycles. The van der Waals surface area contributed by atoms with Crippen molar-refractivity contribution in [3.8, 4) is 0 Å². The number of hydrogen-bond donors (Lipinski definition) is 2. The molecule has 0 aliphatic rings. The van der Waals surface area contributed by atoms with E-state index in [0.717, 1.165) is 7.11 Å². The van der Waals surface area contributed by atoms with Crippen molar-refractivity contribution in [2.45, 2.75) is 0 Å². The summed E-state index contributed by atoms with van der Waals surface area (Å²) in [6.07, 6.45) is 0. The monoisotopic (exact) mass is 200 g/mol. The fourth-order valence-electron chi connectivity index (χ4n) is 0.448. The summed E-state index contributed by atoms with van der Waals surface area (Å²) >= 11 is 0. The van der Waals surface area contributed by atoms with Gasteiger partial charge in [-0.25, -0.2) is 4.57 Å². The van der Waals surface area contributed by atoms with Crippen molar-refractivity contribution < 1.29 is 28.3 Å². The molecule has 0 bridgehead atoms. The highest BCUT2D eigenvalue weighted by Crippen LogP contribution is 2.47. The van der Waals surface area contributed by atoms with Crippen molar-refractivity contribution in [1.82, 2.24) is 0 Å². The van der Waals surface area contributed by atoms with Crippen LogP contribution in [0, 0.1) is 0 Å². The van der Waals surface area contributed by atoms with E-state index in [1.54, 1.807) is 0 Å². The second-order valence-corrected chi connectivity index (χ2v) is 3.52. The molecular formula is C5H13O6P. The topological polar surface area (TPSA) is 85.2 Å². The first-order chi connectivity index (χ1) is 5.68. The summed E-state index contributed by atoms with van der Waals surface area (Å²) in [5.41, 5.74) is 0. The molecule has 0 heterocycles. The van der Waals surface area contributed by atoms with Crippen LogP contribution in [0.15, 0.2) is 0 Å². The van der Waals surface area contributed by atoms with Gasteiger partial charge in [-0.1, -0.05) is 0 Å². The lowest BCUT2D eigenvalue weighted by Crippen LogP contribution is -2.04. The van der Waals surface area contributed by atoms with E-state index in [-0.39, 0.29) is 26.4 Å². The van der Waals surface area contributed by atoms with Crippen LogP contribution in [0.25, 0.3) is 0 Å². The Morgan fingerprint density at radius 3 is 1.83 bits per heavy atom. The second-order valence-electron chi connectivity index (χ2n) is 1.74. The molecule has 12 heavy (non-hydrogen) atoms. The summed E-state index contributed by atoms with van der Waals surface area (Å²) in [5, 5.41) is 16.7. The predicted octanol–water partition coefficient (Wildman–Crippen LogP) is -0.241. The number of phosphoric acid groups is 1. The Hall–Kier alpha value is 0.0300. The van der Waals surface area contributed by atoms with E-state index in [0.29, 0.717) is 0 Å². The maximum absolute atomic E-state index is 11.2. The van der Waals surface area contributed by atoms with Crippen molar-refractivity contribution in [3.63, 3.8) is 0 Å². The van der Waals surface area contributed by atoms with Crippen LogP contribution in [-0.2, 0) is 18.1 Å². The van der Waals surface area contributed by atoms with Crippen LogP contribution in [0.3, 0.4) is 0 Å². The van der Waals surface area contributed by atoms with Gasteiger partial charge in [-0.15, -0.1) is 0 Å². The molecule has 0 fully saturated rings. The van der Waals surface area contributed by atoms with E-state index >= 15 is 0 Å². The zero-order valence-electron chi connectivity index (χ0n) is 6.80. The van der Waals surface area contributed by atoms with Crippen molar-refractivity contribution in [3.05, 3.63) is 0 Å². The van der Waals surface area contributed by atoms with Gasteiger partial charge < -0.3 is 10.2 Å². The molecule has 0 aromatic heterocycles. The van der Waals surface area contributed by atoms with Gasteiger partial charge in [0, 0.05) is 7.11 Å². The molecule has 0 atom stereocenters. The quantitative estimate of drug-likeness (QED) is 0.551. The summed E-state index contributed by atoms with van der Waals surface area (Å²) in [7, 11) is -2.39. The molecule has 6 nitrogen and oxygen atoms in total. The summed E-state index contributed by atoms with van der Waals surface area (Å²) < 4.78 is 24.8. The lowest BCUT2D eigenvalue weighted by atomic mass is 10.8. The average molecular weight is 200 g/mol. The highest BCUT2D eigenvalue weighted by molar-refractivity contribution is 7.48. The van der Waals surface area contributed by atoms with Crippen molar-refractivity contribution >= 4 is 7.82 Å². The van der Waals surface area contributed by atoms with Crippen LogP contribution < -0.4 is 0 Å². The summed E-state index contributed by atoms with van der Waals surface area (Å²) in [6, 6.07) is 0. The van der Waals surface area contributed by atoms with E-state index in [1.807, 2.05) is 0 Å². The fraction of sp³-hybridized carbons (Fsp3) is 1.00. The van der Waals surface area contributed by atoms with Crippen LogP contribution in [0.4, 0.5) is 0 Å². The molecule has 7 heteroatoms. The lowest BCUT2D eigenvalue weighted by Gasteiger charge is -2.13. The van der Waals surface area contributed by atoms with Crippen LogP contribution >= 0.6 is 7.82 Å².